The smallest absolute Gasteiger partial charge is 0.150 e. The van der Waals surface area contributed by atoms with Crippen molar-refractivity contribution in [1.29, 1.82) is 0 Å². The number of hydrogen-bond donors (Lipinski definition) is 0. The van der Waals surface area contributed by atoms with Gasteiger partial charge in [0.05, 0.1) is 39.2 Å². The molecule has 3 heterocycles. The number of aromatic nitrogens is 4. The molecule has 2 aromatic heterocycles. The summed E-state index contributed by atoms with van der Waals surface area (Å²) in [6.45, 7) is 1.98. The average Bonchev–Trinajstić information content (AvgIpc) is 3.27. The van der Waals surface area contributed by atoms with Crippen LogP contribution in [0.2, 0.25) is 10.0 Å². The maximum atomic E-state index is 13.8. The zero-order valence-electron chi connectivity index (χ0n) is 15.6. The molecule has 5 rings (SSSR count). The Hall–Kier alpha value is -2.70. The van der Waals surface area contributed by atoms with Crippen molar-refractivity contribution >= 4 is 45.8 Å². The highest BCUT2D eigenvalue weighted by Gasteiger charge is 2.37. The Bertz CT molecular complexity index is 1290. The summed E-state index contributed by atoms with van der Waals surface area (Å²) in [6, 6.07) is 11.9. The van der Waals surface area contributed by atoms with Gasteiger partial charge in [-0.15, -0.1) is 0 Å². The van der Waals surface area contributed by atoms with Gasteiger partial charge < -0.3 is 4.57 Å². The van der Waals surface area contributed by atoms with Gasteiger partial charge in [-0.3, -0.25) is 0 Å². The van der Waals surface area contributed by atoms with E-state index < -0.39 is 0 Å². The molecule has 1 aliphatic rings. The molecule has 0 spiro atoms. The minimum atomic E-state index is -0.313. The molecule has 0 saturated heterocycles. The molecule has 0 fully saturated rings. The third-order valence-electron chi connectivity index (χ3n) is 5.41. The Labute approximate surface area is 176 Å². The number of hydrogen-bond acceptors (Lipinski definition) is 3. The van der Waals surface area contributed by atoms with Crippen LogP contribution in [-0.4, -0.2) is 25.0 Å². The molecule has 146 valence electrons. The Morgan fingerprint density at radius 2 is 1.86 bits per heavy atom. The summed E-state index contributed by atoms with van der Waals surface area (Å²) in [5.74, 6) is 1.02. The molecule has 1 aliphatic heterocycles. The Balaban J connectivity index is 1.75. The molecule has 0 bridgehead atoms. The summed E-state index contributed by atoms with van der Waals surface area (Å²) in [4.78, 5) is 9.50. The SMILES string of the molecule is CC1=Nc2ccnn2C(c2ccc(Cl)c(Cl)c2)C1c1nc2cc(F)ccc2n1C. The maximum absolute atomic E-state index is 13.8. The number of nitrogens with zero attached hydrogens (tertiary/aromatic N) is 5. The van der Waals surface area contributed by atoms with E-state index in [1.807, 2.05) is 41.4 Å². The second kappa shape index (κ2) is 6.68. The zero-order chi connectivity index (χ0) is 20.3. The van der Waals surface area contributed by atoms with Gasteiger partial charge in [-0.25, -0.2) is 19.0 Å². The molecular weight excluding hydrogens is 412 g/mol. The van der Waals surface area contributed by atoms with E-state index in [2.05, 4.69) is 5.10 Å². The van der Waals surface area contributed by atoms with Crippen molar-refractivity contribution in [1.82, 2.24) is 19.3 Å². The predicted octanol–water partition coefficient (Wildman–Crippen LogP) is 5.69. The van der Waals surface area contributed by atoms with Crippen LogP contribution in [0, 0.1) is 5.82 Å². The van der Waals surface area contributed by atoms with Crippen molar-refractivity contribution in [3.63, 3.8) is 0 Å². The highest BCUT2D eigenvalue weighted by Crippen LogP contribution is 2.43. The van der Waals surface area contributed by atoms with Gasteiger partial charge in [-0.05, 0) is 36.8 Å². The van der Waals surface area contributed by atoms with Crippen molar-refractivity contribution in [3.05, 3.63) is 75.9 Å². The predicted molar refractivity (Wildman–Crippen MR) is 113 cm³/mol. The first kappa shape index (κ1) is 18.3. The first-order chi connectivity index (χ1) is 13.9. The third kappa shape index (κ3) is 2.86. The van der Waals surface area contributed by atoms with Gasteiger partial charge in [-0.2, -0.15) is 5.10 Å². The number of halogens is 3. The average molecular weight is 428 g/mol. The number of rotatable bonds is 2. The lowest BCUT2D eigenvalue weighted by Crippen LogP contribution is -2.30. The molecule has 5 nitrogen and oxygen atoms in total. The summed E-state index contributed by atoms with van der Waals surface area (Å²) < 4.78 is 17.6. The fraction of sp³-hybridized carbons (Fsp3) is 0.190. The van der Waals surface area contributed by atoms with E-state index in [-0.39, 0.29) is 17.8 Å². The summed E-state index contributed by atoms with van der Waals surface area (Å²) in [5, 5.41) is 5.48. The quantitative estimate of drug-likeness (QED) is 0.412. The van der Waals surface area contributed by atoms with Crippen LogP contribution >= 0.6 is 23.2 Å². The van der Waals surface area contributed by atoms with E-state index in [1.165, 1.54) is 12.1 Å². The molecule has 0 N–H and O–H groups in total. The summed E-state index contributed by atoms with van der Waals surface area (Å²) >= 11 is 12.5. The second-order valence-corrected chi connectivity index (χ2v) is 7.96. The largest absolute Gasteiger partial charge is 0.330 e. The Kier molecular flexibility index (Phi) is 4.22. The molecule has 0 saturated carbocycles. The Morgan fingerprint density at radius 1 is 1.03 bits per heavy atom. The highest BCUT2D eigenvalue weighted by atomic mass is 35.5. The van der Waals surface area contributed by atoms with Crippen LogP contribution in [0.3, 0.4) is 0 Å². The van der Waals surface area contributed by atoms with Gasteiger partial charge in [0.1, 0.15) is 11.6 Å². The number of imidazole rings is 1. The lowest BCUT2D eigenvalue weighted by Gasteiger charge is -2.32. The minimum Gasteiger partial charge on any atom is -0.330 e. The number of aliphatic imine (C=N–C) groups is 1. The minimum absolute atomic E-state index is 0.208. The van der Waals surface area contributed by atoms with E-state index in [0.29, 0.717) is 15.6 Å². The molecule has 2 unspecified atom stereocenters. The van der Waals surface area contributed by atoms with E-state index in [1.54, 1.807) is 18.3 Å². The van der Waals surface area contributed by atoms with Crippen molar-refractivity contribution in [2.75, 3.05) is 0 Å². The standard InChI is InChI=1S/C21H16Cl2FN5/c1-11-19(21-27-16-10-13(24)4-6-17(16)28(21)2)20(29-18(26-11)7-8-25-29)12-3-5-14(22)15(23)9-12/h3-10,19-20H,1-2H3. The number of fused-ring (bicyclic) bond motifs is 2. The second-order valence-electron chi connectivity index (χ2n) is 7.15. The molecule has 0 amide bonds. The first-order valence-electron chi connectivity index (χ1n) is 9.09. The third-order valence-corrected chi connectivity index (χ3v) is 6.15. The van der Waals surface area contributed by atoms with Crippen molar-refractivity contribution < 1.29 is 4.39 Å². The molecule has 4 aromatic rings. The molecular formula is C21H16Cl2FN5. The normalized spacial score (nSPS) is 18.7. The summed E-state index contributed by atoms with van der Waals surface area (Å²) in [5.41, 5.74) is 3.30. The fourth-order valence-electron chi connectivity index (χ4n) is 4.06. The van der Waals surface area contributed by atoms with E-state index in [4.69, 9.17) is 33.2 Å². The van der Waals surface area contributed by atoms with Crippen LogP contribution in [0.4, 0.5) is 10.2 Å². The van der Waals surface area contributed by atoms with Crippen LogP contribution in [0.15, 0.2) is 53.7 Å². The van der Waals surface area contributed by atoms with Gasteiger partial charge >= 0.3 is 0 Å². The first-order valence-corrected chi connectivity index (χ1v) is 9.85. The van der Waals surface area contributed by atoms with Crippen LogP contribution in [0.1, 0.15) is 30.3 Å². The topological polar surface area (TPSA) is 48.0 Å². The van der Waals surface area contributed by atoms with Gasteiger partial charge in [0.25, 0.3) is 0 Å². The van der Waals surface area contributed by atoms with Crippen molar-refractivity contribution in [2.45, 2.75) is 18.9 Å². The molecule has 29 heavy (non-hydrogen) atoms. The molecule has 0 radical (unpaired) electrons. The molecule has 2 atom stereocenters. The van der Waals surface area contributed by atoms with Crippen molar-refractivity contribution in [2.24, 2.45) is 12.0 Å². The van der Waals surface area contributed by atoms with Crippen molar-refractivity contribution in [3.8, 4) is 0 Å². The van der Waals surface area contributed by atoms with Gasteiger partial charge in [0, 0.05) is 24.9 Å². The van der Waals surface area contributed by atoms with Crippen LogP contribution in [0.5, 0.6) is 0 Å². The van der Waals surface area contributed by atoms with E-state index in [0.717, 1.165) is 28.4 Å². The van der Waals surface area contributed by atoms with Crippen LogP contribution < -0.4 is 0 Å². The number of benzene rings is 2. The maximum Gasteiger partial charge on any atom is 0.150 e. The lowest BCUT2D eigenvalue weighted by atomic mass is 9.87. The summed E-state index contributed by atoms with van der Waals surface area (Å²) in [7, 11) is 1.93. The fourth-order valence-corrected chi connectivity index (χ4v) is 4.36. The summed E-state index contributed by atoms with van der Waals surface area (Å²) in [6.07, 6.45) is 1.73. The van der Waals surface area contributed by atoms with Gasteiger partial charge in [0.2, 0.25) is 0 Å². The lowest BCUT2D eigenvalue weighted by molar-refractivity contribution is 0.470. The van der Waals surface area contributed by atoms with Crippen LogP contribution in [0.25, 0.3) is 11.0 Å². The van der Waals surface area contributed by atoms with Crippen LogP contribution in [-0.2, 0) is 7.05 Å². The molecule has 2 aromatic carbocycles. The monoisotopic (exact) mass is 427 g/mol. The zero-order valence-corrected chi connectivity index (χ0v) is 17.2. The van der Waals surface area contributed by atoms with E-state index in [9.17, 15) is 4.39 Å². The molecule has 0 aliphatic carbocycles. The highest BCUT2D eigenvalue weighted by molar-refractivity contribution is 6.42. The Morgan fingerprint density at radius 3 is 2.66 bits per heavy atom. The van der Waals surface area contributed by atoms with Gasteiger partial charge in [0.15, 0.2) is 5.82 Å². The van der Waals surface area contributed by atoms with Gasteiger partial charge in [-0.1, -0.05) is 29.3 Å². The van der Waals surface area contributed by atoms with E-state index >= 15 is 0 Å². The molecule has 8 heteroatoms. The number of aryl methyl sites for hydroxylation is 1.